The Hall–Kier alpha value is -3.15. The predicted molar refractivity (Wildman–Crippen MR) is 130 cm³/mol. The molecule has 0 saturated carbocycles. The Bertz CT molecular complexity index is 1130. The second kappa shape index (κ2) is 10.6. The fourth-order valence-electron chi connectivity index (χ4n) is 4.36. The van der Waals surface area contributed by atoms with Crippen LogP contribution in [0.3, 0.4) is 0 Å². The summed E-state index contributed by atoms with van der Waals surface area (Å²) in [6.45, 7) is 2.60. The number of nitrogens with one attached hydrogen (secondary N) is 1. The van der Waals surface area contributed by atoms with E-state index in [-0.39, 0.29) is 25.6 Å². The van der Waals surface area contributed by atoms with Crippen LogP contribution in [0.25, 0.3) is 0 Å². The van der Waals surface area contributed by atoms with Gasteiger partial charge >= 0.3 is 1.43 Å². The molecule has 0 aliphatic carbocycles. The highest BCUT2D eigenvalue weighted by atomic mass is 35.5. The Morgan fingerprint density at radius 1 is 0.970 bits per heavy atom. The molecule has 0 bridgehead atoms. The fourth-order valence-corrected chi connectivity index (χ4v) is 4.36. The molecule has 1 aliphatic heterocycles. The Kier molecular flexibility index (Phi) is 7.90. The fraction of sp³-hybridized carbons (Fsp3) is 0.259. The SMILES string of the molecule is Cc1ccccc1C(=O)Nc1ccc(C(=O)N2CCCC(N(C)C)c3ccccc32)cc1.[Cl-].[H+]. The molecule has 1 unspecified atom stereocenters. The number of halogens is 1. The minimum atomic E-state index is -0.154. The molecular formula is C27H30ClN3O2. The van der Waals surface area contributed by atoms with E-state index in [2.05, 4.69) is 30.4 Å². The van der Waals surface area contributed by atoms with Crippen molar-refractivity contribution in [3.63, 3.8) is 0 Å². The second-order valence-corrected chi connectivity index (χ2v) is 8.48. The third-order valence-electron chi connectivity index (χ3n) is 6.09. The molecule has 0 fully saturated rings. The number of benzene rings is 3. The number of aryl methyl sites for hydroxylation is 1. The van der Waals surface area contributed by atoms with E-state index in [1.165, 1.54) is 5.56 Å². The van der Waals surface area contributed by atoms with E-state index >= 15 is 0 Å². The van der Waals surface area contributed by atoms with Crippen LogP contribution >= 0.6 is 0 Å². The zero-order chi connectivity index (χ0) is 22.7. The summed E-state index contributed by atoms with van der Waals surface area (Å²) in [5, 5.41) is 2.92. The number of carbonyl (C=O) groups excluding carboxylic acids is 2. The molecule has 6 heteroatoms. The molecule has 0 aromatic heterocycles. The maximum absolute atomic E-state index is 13.4. The van der Waals surface area contributed by atoms with Gasteiger partial charge in [-0.3, -0.25) is 9.59 Å². The van der Waals surface area contributed by atoms with Gasteiger partial charge in [-0.05, 0) is 81.4 Å². The first-order valence-electron chi connectivity index (χ1n) is 11.0. The topological polar surface area (TPSA) is 52.7 Å². The quantitative estimate of drug-likeness (QED) is 0.646. The van der Waals surface area contributed by atoms with E-state index in [9.17, 15) is 9.59 Å². The van der Waals surface area contributed by atoms with E-state index in [1.54, 1.807) is 30.3 Å². The molecule has 0 saturated heterocycles. The third kappa shape index (κ3) is 5.27. The molecule has 172 valence electrons. The van der Waals surface area contributed by atoms with Crippen LogP contribution in [0.4, 0.5) is 11.4 Å². The molecule has 5 nitrogen and oxygen atoms in total. The summed E-state index contributed by atoms with van der Waals surface area (Å²) < 4.78 is 0. The molecule has 1 atom stereocenters. The molecule has 1 aliphatic rings. The van der Waals surface area contributed by atoms with E-state index in [0.29, 0.717) is 29.4 Å². The number of nitrogens with zero attached hydrogens (tertiary/aromatic N) is 2. The molecule has 3 aromatic rings. The van der Waals surface area contributed by atoms with Crippen LogP contribution in [0.2, 0.25) is 0 Å². The first kappa shape index (κ1) is 24.5. The lowest BCUT2D eigenvalue weighted by Crippen LogP contribution is -3.00. The molecule has 33 heavy (non-hydrogen) atoms. The molecule has 3 aromatic carbocycles. The highest BCUT2D eigenvalue weighted by Crippen LogP contribution is 2.36. The van der Waals surface area contributed by atoms with Crippen molar-refractivity contribution in [2.45, 2.75) is 25.8 Å². The second-order valence-electron chi connectivity index (χ2n) is 8.48. The Labute approximate surface area is 203 Å². The maximum atomic E-state index is 13.4. The van der Waals surface area contributed by atoms with Gasteiger partial charge in [0.1, 0.15) is 0 Å². The molecule has 0 radical (unpaired) electrons. The van der Waals surface area contributed by atoms with E-state index in [0.717, 1.165) is 24.1 Å². The lowest BCUT2D eigenvalue weighted by Gasteiger charge is -2.27. The number of hydrogen-bond donors (Lipinski definition) is 1. The van der Waals surface area contributed by atoms with Crippen molar-refractivity contribution < 1.29 is 23.4 Å². The smallest absolute Gasteiger partial charge is 1.00 e. The van der Waals surface area contributed by atoms with Crippen LogP contribution in [0.1, 0.15) is 52.2 Å². The van der Waals surface area contributed by atoms with E-state index in [1.807, 2.05) is 48.2 Å². The van der Waals surface area contributed by atoms with Crippen LogP contribution in [-0.2, 0) is 0 Å². The highest BCUT2D eigenvalue weighted by Gasteiger charge is 2.27. The highest BCUT2D eigenvalue weighted by molar-refractivity contribution is 6.08. The van der Waals surface area contributed by atoms with Gasteiger partial charge in [0.15, 0.2) is 0 Å². The third-order valence-corrected chi connectivity index (χ3v) is 6.09. The number of hydrogen-bond acceptors (Lipinski definition) is 3. The minimum absolute atomic E-state index is 0. The molecule has 1 heterocycles. The van der Waals surface area contributed by atoms with Gasteiger partial charge in [0.25, 0.3) is 11.8 Å². The van der Waals surface area contributed by atoms with Crippen LogP contribution in [-0.4, -0.2) is 37.4 Å². The number of rotatable bonds is 4. The lowest BCUT2D eigenvalue weighted by molar-refractivity contribution is -0.0000217. The predicted octanol–water partition coefficient (Wildman–Crippen LogP) is 2.41. The van der Waals surface area contributed by atoms with Crippen molar-refractivity contribution in [3.8, 4) is 0 Å². The Morgan fingerprint density at radius 3 is 2.33 bits per heavy atom. The summed E-state index contributed by atoms with van der Waals surface area (Å²) in [6.07, 6.45) is 1.95. The van der Waals surface area contributed by atoms with Crippen molar-refractivity contribution in [2.24, 2.45) is 0 Å². The zero-order valence-electron chi connectivity index (χ0n) is 20.2. The largest absolute Gasteiger partial charge is 1.00 e. The lowest BCUT2D eigenvalue weighted by atomic mass is 10.0. The number of amides is 2. The van der Waals surface area contributed by atoms with Gasteiger partial charge in [0.2, 0.25) is 0 Å². The standard InChI is InChI=1S/C27H29N3O2.ClH/c1-19-9-4-5-10-22(19)26(31)28-21-16-14-20(15-17-21)27(32)30-18-8-13-24(29(2)3)23-11-6-7-12-25(23)30;/h4-7,9-12,14-17,24H,8,13,18H2,1-3H3,(H,28,31);1H. The van der Waals surface area contributed by atoms with Gasteiger partial charge in [-0.25, -0.2) is 0 Å². The van der Waals surface area contributed by atoms with E-state index < -0.39 is 0 Å². The first-order valence-corrected chi connectivity index (χ1v) is 11.0. The minimum Gasteiger partial charge on any atom is -1.00 e. The molecular weight excluding hydrogens is 434 g/mol. The van der Waals surface area contributed by atoms with Crippen LogP contribution < -0.4 is 22.6 Å². The van der Waals surface area contributed by atoms with Gasteiger partial charge < -0.3 is 27.5 Å². The number of anilines is 2. The summed E-state index contributed by atoms with van der Waals surface area (Å²) in [5.74, 6) is -0.174. The zero-order valence-corrected chi connectivity index (χ0v) is 20.0. The van der Waals surface area contributed by atoms with Crippen LogP contribution in [0.15, 0.2) is 72.8 Å². The Balaban J connectivity index is 0.00000204. The average Bonchev–Trinajstić information content (AvgIpc) is 2.99. The van der Waals surface area contributed by atoms with Gasteiger partial charge in [-0.2, -0.15) is 0 Å². The summed E-state index contributed by atoms with van der Waals surface area (Å²) in [5.41, 5.74) is 5.00. The summed E-state index contributed by atoms with van der Waals surface area (Å²) in [7, 11) is 4.17. The molecule has 4 rings (SSSR count). The van der Waals surface area contributed by atoms with Crippen molar-refractivity contribution in [2.75, 3.05) is 30.9 Å². The van der Waals surface area contributed by atoms with E-state index in [4.69, 9.17) is 0 Å². The van der Waals surface area contributed by atoms with Crippen molar-refractivity contribution in [3.05, 3.63) is 95.1 Å². The maximum Gasteiger partial charge on any atom is 1.00 e. The van der Waals surface area contributed by atoms with Crippen LogP contribution in [0.5, 0.6) is 0 Å². The van der Waals surface area contributed by atoms with Crippen molar-refractivity contribution in [1.29, 1.82) is 0 Å². The molecule has 0 spiro atoms. The van der Waals surface area contributed by atoms with Gasteiger partial charge in [0, 0.05) is 35.1 Å². The number of carbonyl (C=O) groups is 2. The van der Waals surface area contributed by atoms with Gasteiger partial charge in [0.05, 0.1) is 0 Å². The van der Waals surface area contributed by atoms with Crippen molar-refractivity contribution >= 4 is 23.2 Å². The molecule has 2 amide bonds. The molecule has 1 N–H and O–H groups in total. The first-order chi connectivity index (χ1) is 15.5. The Morgan fingerprint density at radius 2 is 1.64 bits per heavy atom. The monoisotopic (exact) mass is 463 g/mol. The van der Waals surface area contributed by atoms with Gasteiger partial charge in [-0.1, -0.05) is 36.4 Å². The summed E-state index contributed by atoms with van der Waals surface area (Å²) in [4.78, 5) is 30.1. The van der Waals surface area contributed by atoms with Crippen molar-refractivity contribution in [1.82, 2.24) is 4.90 Å². The number of fused-ring (bicyclic) bond motifs is 1. The van der Waals surface area contributed by atoms with Crippen LogP contribution in [0, 0.1) is 6.92 Å². The van der Waals surface area contributed by atoms with Gasteiger partial charge in [-0.15, -0.1) is 0 Å². The average molecular weight is 464 g/mol. The summed E-state index contributed by atoms with van der Waals surface area (Å²) >= 11 is 0. The normalized spacial score (nSPS) is 15.3. The number of para-hydroxylation sites is 1. The summed E-state index contributed by atoms with van der Waals surface area (Å²) in [6, 6.07) is 23.1.